The van der Waals surface area contributed by atoms with Crippen LogP contribution in [0.2, 0.25) is 0 Å². The van der Waals surface area contributed by atoms with Crippen molar-refractivity contribution in [3.05, 3.63) is 66.0 Å². The maximum absolute atomic E-state index is 13.5. The van der Waals surface area contributed by atoms with Gasteiger partial charge in [0.05, 0.1) is 10.5 Å². The fourth-order valence-electron chi connectivity index (χ4n) is 3.91. The van der Waals surface area contributed by atoms with Crippen LogP contribution in [0.25, 0.3) is 16.8 Å². The zero-order valence-electron chi connectivity index (χ0n) is 17.0. The predicted octanol–water partition coefficient (Wildman–Crippen LogP) is 4.98. The number of alkyl halides is 3. The van der Waals surface area contributed by atoms with E-state index in [0.717, 1.165) is 35.7 Å². The highest BCUT2D eigenvalue weighted by Crippen LogP contribution is 2.36. The first-order valence-corrected chi connectivity index (χ1v) is 12.5. The van der Waals surface area contributed by atoms with E-state index < -0.39 is 33.1 Å². The molecule has 2 heterocycles. The maximum Gasteiger partial charge on any atom is 0.417 e. The molecule has 1 saturated carbocycles. The van der Waals surface area contributed by atoms with Crippen LogP contribution in [0.1, 0.15) is 36.9 Å². The van der Waals surface area contributed by atoms with Crippen LogP contribution in [-0.2, 0) is 31.7 Å². The van der Waals surface area contributed by atoms with Crippen molar-refractivity contribution in [3.63, 3.8) is 0 Å². The fourth-order valence-corrected chi connectivity index (χ4v) is 5.70. The summed E-state index contributed by atoms with van der Waals surface area (Å²) in [5, 5.41) is -0.107. The predicted molar refractivity (Wildman–Crippen MR) is 116 cm³/mol. The van der Waals surface area contributed by atoms with Gasteiger partial charge in [-0.2, -0.15) is 17.4 Å². The van der Waals surface area contributed by atoms with Crippen molar-refractivity contribution >= 4 is 38.2 Å². The lowest BCUT2D eigenvalue weighted by Gasteiger charge is -2.14. The van der Waals surface area contributed by atoms with Gasteiger partial charge in [-0.15, -0.1) is 0 Å². The smallest absolute Gasteiger partial charge is 0.378 e. The molecule has 1 N–H and O–H groups in total. The molecule has 0 bridgehead atoms. The number of pyridine rings is 1. The first-order chi connectivity index (χ1) is 15.6. The Morgan fingerprint density at radius 1 is 1.18 bits per heavy atom. The van der Waals surface area contributed by atoms with Gasteiger partial charge in [0.2, 0.25) is 0 Å². The van der Waals surface area contributed by atoms with Crippen LogP contribution in [0.4, 0.5) is 13.2 Å². The van der Waals surface area contributed by atoms with Crippen molar-refractivity contribution in [1.29, 1.82) is 0 Å². The Hall–Kier alpha value is -2.70. The summed E-state index contributed by atoms with van der Waals surface area (Å²) in [7, 11) is -4.34. The summed E-state index contributed by atoms with van der Waals surface area (Å²) in [5.41, 5.74) is -1.50. The standard InChI is InChI=1S/C21H19F3N2O5S2/c22-21(23,24)16-11-15-12-18(19(31-32(27)28)10-14-6-4-5-7-14)26(20(15)25-13-16)33(29,30)17-8-2-1-3-9-17/h1-3,8-14H,4-7H2,(H,27,28). The lowest BCUT2D eigenvalue weighted by Crippen LogP contribution is -2.17. The number of nitrogens with zero attached hydrogens (tertiary/aromatic N) is 2. The van der Waals surface area contributed by atoms with Crippen LogP contribution in [0.5, 0.6) is 0 Å². The number of hydrogen-bond acceptors (Lipinski definition) is 5. The summed E-state index contributed by atoms with van der Waals surface area (Å²) in [4.78, 5) is 3.67. The van der Waals surface area contributed by atoms with Gasteiger partial charge in [-0.25, -0.2) is 17.4 Å². The molecule has 1 unspecified atom stereocenters. The van der Waals surface area contributed by atoms with Gasteiger partial charge in [0.15, 0.2) is 11.4 Å². The molecule has 0 spiro atoms. The average Bonchev–Trinajstić information content (AvgIpc) is 3.40. The number of rotatable bonds is 6. The highest BCUT2D eigenvalue weighted by atomic mass is 32.2. The molecule has 3 aromatic rings. The van der Waals surface area contributed by atoms with Gasteiger partial charge in [-0.3, -0.25) is 4.55 Å². The lowest BCUT2D eigenvalue weighted by molar-refractivity contribution is -0.137. The van der Waals surface area contributed by atoms with E-state index in [1.165, 1.54) is 30.3 Å². The Labute approximate surface area is 190 Å². The van der Waals surface area contributed by atoms with Crippen molar-refractivity contribution in [2.75, 3.05) is 0 Å². The van der Waals surface area contributed by atoms with Gasteiger partial charge in [-0.1, -0.05) is 31.0 Å². The molecule has 176 valence electrons. The van der Waals surface area contributed by atoms with Crippen LogP contribution in [0.3, 0.4) is 0 Å². The Kier molecular flexibility index (Phi) is 6.34. The first-order valence-electron chi connectivity index (χ1n) is 9.98. The third kappa shape index (κ3) is 4.82. The van der Waals surface area contributed by atoms with Crippen LogP contribution < -0.4 is 0 Å². The van der Waals surface area contributed by atoms with Gasteiger partial charge in [0, 0.05) is 11.6 Å². The summed E-state index contributed by atoms with van der Waals surface area (Å²) in [6.07, 6.45) is 0.815. The maximum atomic E-state index is 13.5. The van der Waals surface area contributed by atoms with E-state index in [9.17, 15) is 30.4 Å². The van der Waals surface area contributed by atoms with E-state index in [2.05, 4.69) is 4.98 Å². The van der Waals surface area contributed by atoms with Crippen molar-refractivity contribution in [2.24, 2.45) is 5.92 Å². The number of fused-ring (bicyclic) bond motifs is 1. The highest BCUT2D eigenvalue weighted by Gasteiger charge is 2.33. The monoisotopic (exact) mass is 500 g/mol. The topological polar surface area (TPSA) is 98.5 Å². The second-order valence-electron chi connectivity index (χ2n) is 7.62. The molecule has 1 aliphatic carbocycles. The summed E-state index contributed by atoms with van der Waals surface area (Å²) in [6.45, 7) is 0. The minimum atomic E-state index is -4.69. The zero-order chi connectivity index (χ0) is 23.8. The molecule has 1 aliphatic rings. The lowest BCUT2D eigenvalue weighted by atomic mass is 10.1. The van der Waals surface area contributed by atoms with Crippen LogP contribution >= 0.6 is 0 Å². The molecule has 1 atom stereocenters. The Morgan fingerprint density at radius 3 is 2.45 bits per heavy atom. The molecule has 0 amide bonds. The van der Waals surface area contributed by atoms with Crippen LogP contribution in [0, 0.1) is 5.92 Å². The Morgan fingerprint density at radius 2 is 1.85 bits per heavy atom. The first kappa shape index (κ1) is 23.5. The quantitative estimate of drug-likeness (QED) is 0.379. The number of hydrogen-bond donors (Lipinski definition) is 1. The van der Waals surface area contributed by atoms with Gasteiger partial charge in [-0.05, 0) is 49.1 Å². The van der Waals surface area contributed by atoms with Gasteiger partial charge < -0.3 is 4.18 Å². The molecule has 0 aliphatic heterocycles. The molecule has 2 aromatic heterocycles. The van der Waals surface area contributed by atoms with E-state index in [1.54, 1.807) is 12.1 Å². The summed E-state index contributed by atoms with van der Waals surface area (Å²) in [5.74, 6) is -0.248. The molecular weight excluding hydrogens is 481 g/mol. The molecule has 0 saturated heterocycles. The summed E-state index contributed by atoms with van der Waals surface area (Å²) >= 11 is -2.79. The SMILES string of the molecule is O=S(O)OC(=CC1CCCC1)c1cc2cc(C(F)(F)F)cnc2n1S(=O)(=O)c1ccccc1. The molecule has 33 heavy (non-hydrogen) atoms. The van der Waals surface area contributed by atoms with Crippen molar-refractivity contribution in [2.45, 2.75) is 36.8 Å². The minimum Gasteiger partial charge on any atom is -0.378 e. The summed E-state index contributed by atoms with van der Waals surface area (Å²) < 4.78 is 93.5. The van der Waals surface area contributed by atoms with E-state index in [0.29, 0.717) is 6.20 Å². The Balaban J connectivity index is 2.01. The van der Waals surface area contributed by atoms with Crippen LogP contribution in [-0.4, -0.2) is 26.1 Å². The molecule has 1 fully saturated rings. The molecule has 4 rings (SSSR count). The number of allylic oxidation sites excluding steroid dienone is 1. The number of halogens is 3. The number of aromatic nitrogens is 2. The van der Waals surface area contributed by atoms with Gasteiger partial charge in [0.25, 0.3) is 10.0 Å². The zero-order valence-corrected chi connectivity index (χ0v) is 18.7. The second-order valence-corrected chi connectivity index (χ2v) is 10.0. The second kappa shape index (κ2) is 8.92. The molecule has 12 heteroatoms. The van der Waals surface area contributed by atoms with E-state index in [1.807, 2.05) is 0 Å². The van der Waals surface area contributed by atoms with Crippen LogP contribution in [0.15, 0.2) is 59.6 Å². The normalized spacial score (nSPS) is 16.9. The molecular formula is C21H19F3N2O5S2. The van der Waals surface area contributed by atoms with Crippen molar-refractivity contribution < 1.29 is 34.5 Å². The molecule has 7 nitrogen and oxygen atoms in total. The third-order valence-electron chi connectivity index (χ3n) is 5.41. The third-order valence-corrected chi connectivity index (χ3v) is 7.45. The molecule has 0 radical (unpaired) electrons. The van der Waals surface area contributed by atoms with Crippen molar-refractivity contribution in [1.82, 2.24) is 8.96 Å². The van der Waals surface area contributed by atoms with E-state index in [4.69, 9.17) is 4.18 Å². The summed E-state index contributed by atoms with van der Waals surface area (Å²) in [6, 6.07) is 9.24. The largest absolute Gasteiger partial charge is 0.417 e. The van der Waals surface area contributed by atoms with Gasteiger partial charge in [0.1, 0.15) is 5.69 Å². The van der Waals surface area contributed by atoms with Gasteiger partial charge >= 0.3 is 17.5 Å². The van der Waals surface area contributed by atoms with Crippen molar-refractivity contribution in [3.8, 4) is 0 Å². The number of benzene rings is 1. The van der Waals surface area contributed by atoms with E-state index in [-0.39, 0.29) is 33.3 Å². The minimum absolute atomic E-state index is 0.0341. The van der Waals surface area contributed by atoms with E-state index >= 15 is 0 Å². The molecule has 1 aromatic carbocycles. The highest BCUT2D eigenvalue weighted by molar-refractivity contribution is 7.90. The Bertz CT molecular complexity index is 1330. The fraction of sp³-hybridized carbons (Fsp3) is 0.286. The average molecular weight is 501 g/mol.